The van der Waals surface area contributed by atoms with Crippen molar-refractivity contribution in [1.82, 2.24) is 10.7 Å². The Morgan fingerprint density at radius 1 is 1.12 bits per heavy atom. The molecule has 0 heterocycles. The van der Waals surface area contributed by atoms with Crippen molar-refractivity contribution in [2.24, 2.45) is 5.10 Å². The van der Waals surface area contributed by atoms with Gasteiger partial charge < -0.3 is 20.1 Å². The van der Waals surface area contributed by atoms with E-state index in [0.29, 0.717) is 37.9 Å². The molecule has 0 fully saturated rings. The number of amides is 3. The predicted octanol–water partition coefficient (Wildman–Crippen LogP) is 4.15. The van der Waals surface area contributed by atoms with E-state index in [0.717, 1.165) is 0 Å². The summed E-state index contributed by atoms with van der Waals surface area (Å²) >= 11 is 15.2. The van der Waals surface area contributed by atoms with E-state index in [4.69, 9.17) is 32.7 Å². The van der Waals surface area contributed by atoms with Gasteiger partial charge >= 0.3 is 11.8 Å². The molecule has 0 saturated heterocycles. The van der Waals surface area contributed by atoms with Crippen LogP contribution in [0.3, 0.4) is 0 Å². The number of anilines is 1. The summed E-state index contributed by atoms with van der Waals surface area (Å²) < 4.78 is 11.4. The minimum absolute atomic E-state index is 0.125. The predicted molar refractivity (Wildman–Crippen MR) is 135 cm³/mol. The Hall–Kier alpha value is -2.82. The van der Waals surface area contributed by atoms with Crippen LogP contribution in [0.1, 0.15) is 25.8 Å². The van der Waals surface area contributed by atoms with E-state index < -0.39 is 17.7 Å². The fourth-order valence-electron chi connectivity index (χ4n) is 2.52. The highest BCUT2D eigenvalue weighted by atomic mass is 79.9. The van der Waals surface area contributed by atoms with Gasteiger partial charge in [0.05, 0.1) is 17.8 Å². The molecular formula is C22H23BrCl2N4O5. The topological polar surface area (TPSA) is 118 Å². The third-order valence-corrected chi connectivity index (χ3v) is 5.35. The van der Waals surface area contributed by atoms with Crippen molar-refractivity contribution < 1.29 is 23.9 Å². The van der Waals surface area contributed by atoms with Gasteiger partial charge in [0.25, 0.3) is 5.91 Å². The summed E-state index contributed by atoms with van der Waals surface area (Å²) in [5.41, 5.74) is 3.13. The molecule has 0 bridgehead atoms. The number of ether oxygens (including phenoxy) is 2. The Bertz CT molecular complexity index is 1080. The lowest BCUT2D eigenvalue weighted by Gasteiger charge is -2.13. The molecule has 0 spiro atoms. The average molecular weight is 574 g/mol. The van der Waals surface area contributed by atoms with Crippen molar-refractivity contribution in [3.63, 3.8) is 0 Å². The summed E-state index contributed by atoms with van der Waals surface area (Å²) in [5, 5.41) is 9.75. The lowest BCUT2D eigenvalue weighted by atomic mass is 10.2. The summed E-state index contributed by atoms with van der Waals surface area (Å²) in [6.45, 7) is 3.37. The van der Waals surface area contributed by atoms with Gasteiger partial charge in [-0.25, -0.2) is 5.43 Å². The Kier molecular flexibility index (Phi) is 10.6. The summed E-state index contributed by atoms with van der Waals surface area (Å²) in [7, 11) is 1.44. The number of halogens is 3. The van der Waals surface area contributed by atoms with E-state index in [-0.39, 0.29) is 18.4 Å². The summed E-state index contributed by atoms with van der Waals surface area (Å²) in [6.07, 6.45) is 2.03. The normalized spacial score (nSPS) is 11.6. The molecule has 182 valence electrons. The van der Waals surface area contributed by atoms with Gasteiger partial charge in [0, 0.05) is 21.8 Å². The first-order chi connectivity index (χ1) is 16.1. The van der Waals surface area contributed by atoms with Crippen molar-refractivity contribution in [2.75, 3.05) is 19.0 Å². The molecule has 3 N–H and O–H groups in total. The number of hydrazone groups is 1. The second-order valence-corrected chi connectivity index (χ2v) is 8.74. The number of rotatable bonds is 9. The first-order valence-corrected chi connectivity index (χ1v) is 11.6. The first-order valence-electron chi connectivity index (χ1n) is 10.0. The number of hydrogen-bond donors (Lipinski definition) is 3. The van der Waals surface area contributed by atoms with E-state index in [1.54, 1.807) is 37.3 Å². The van der Waals surface area contributed by atoms with Gasteiger partial charge in [0.1, 0.15) is 0 Å². The Balaban J connectivity index is 2.00. The van der Waals surface area contributed by atoms with E-state index in [1.807, 2.05) is 6.92 Å². The quantitative estimate of drug-likeness (QED) is 0.237. The fraction of sp³-hybridized carbons (Fsp3) is 0.273. The molecule has 2 aromatic carbocycles. The molecule has 12 heteroatoms. The molecule has 2 rings (SSSR count). The molecule has 34 heavy (non-hydrogen) atoms. The van der Waals surface area contributed by atoms with Crippen molar-refractivity contribution in [3.05, 3.63) is 50.4 Å². The molecule has 0 aliphatic heterocycles. The molecule has 0 unspecified atom stereocenters. The highest BCUT2D eigenvalue weighted by Crippen LogP contribution is 2.36. The van der Waals surface area contributed by atoms with Crippen LogP contribution in [0.25, 0.3) is 0 Å². The van der Waals surface area contributed by atoms with E-state index in [2.05, 4.69) is 37.1 Å². The third-order valence-electron chi connectivity index (χ3n) is 4.32. The van der Waals surface area contributed by atoms with Gasteiger partial charge in [0.15, 0.2) is 18.1 Å². The van der Waals surface area contributed by atoms with Crippen LogP contribution in [-0.2, 0) is 14.4 Å². The van der Waals surface area contributed by atoms with E-state index in [9.17, 15) is 14.4 Å². The van der Waals surface area contributed by atoms with Gasteiger partial charge in [-0.2, -0.15) is 5.10 Å². The molecule has 0 aliphatic rings. The van der Waals surface area contributed by atoms with Crippen molar-refractivity contribution in [1.29, 1.82) is 0 Å². The molecule has 2 aromatic rings. The van der Waals surface area contributed by atoms with Crippen LogP contribution < -0.4 is 25.5 Å². The maximum atomic E-state index is 12.3. The SMILES string of the molecule is CC[C@H](C)NC(=O)C(=O)N/N=C\c1cc(Br)c(OCC(=O)Nc2cc(Cl)cc(Cl)c2)c(OC)c1. The third kappa shape index (κ3) is 8.51. The maximum absolute atomic E-state index is 12.3. The number of hydrogen-bond acceptors (Lipinski definition) is 6. The zero-order valence-corrected chi connectivity index (χ0v) is 21.7. The standard InChI is InChI=1S/C22H23BrCl2N4O5/c1-4-12(2)27-21(31)22(32)29-26-10-13-5-17(23)20(18(6-13)33-3)34-11-19(30)28-16-8-14(24)7-15(25)9-16/h5-10,12H,4,11H2,1-3H3,(H,27,31)(H,28,30)(H,29,32)/b26-10-/t12-/m0/s1. The van der Waals surface area contributed by atoms with Crippen LogP contribution in [0.4, 0.5) is 5.69 Å². The van der Waals surface area contributed by atoms with Gasteiger partial charge in [-0.15, -0.1) is 0 Å². The lowest BCUT2D eigenvalue weighted by Crippen LogP contribution is -2.41. The summed E-state index contributed by atoms with van der Waals surface area (Å²) in [6, 6.07) is 7.77. The van der Waals surface area contributed by atoms with E-state index >= 15 is 0 Å². The second-order valence-electron chi connectivity index (χ2n) is 7.01. The molecule has 1 atom stereocenters. The van der Waals surface area contributed by atoms with Crippen LogP contribution in [0.15, 0.2) is 39.9 Å². The Morgan fingerprint density at radius 3 is 2.41 bits per heavy atom. The molecule has 0 saturated carbocycles. The molecule has 3 amide bonds. The number of carbonyl (C=O) groups is 3. The molecule has 0 aliphatic carbocycles. The highest BCUT2D eigenvalue weighted by molar-refractivity contribution is 9.10. The van der Waals surface area contributed by atoms with Gasteiger partial charge in [0.2, 0.25) is 0 Å². The van der Waals surface area contributed by atoms with Gasteiger partial charge in [-0.1, -0.05) is 30.1 Å². The Morgan fingerprint density at radius 2 is 1.79 bits per heavy atom. The number of methoxy groups -OCH3 is 1. The van der Waals surface area contributed by atoms with Crippen molar-refractivity contribution in [3.8, 4) is 11.5 Å². The highest BCUT2D eigenvalue weighted by Gasteiger charge is 2.16. The van der Waals surface area contributed by atoms with Crippen LogP contribution in [-0.4, -0.2) is 43.7 Å². The van der Waals surface area contributed by atoms with Crippen LogP contribution in [0.2, 0.25) is 10.0 Å². The van der Waals surface area contributed by atoms with Crippen LogP contribution in [0, 0.1) is 0 Å². The molecule has 9 nitrogen and oxygen atoms in total. The number of benzene rings is 2. The van der Waals surface area contributed by atoms with Crippen LogP contribution in [0.5, 0.6) is 11.5 Å². The largest absolute Gasteiger partial charge is 0.493 e. The zero-order valence-electron chi connectivity index (χ0n) is 18.6. The molecule has 0 radical (unpaired) electrons. The maximum Gasteiger partial charge on any atom is 0.329 e. The summed E-state index contributed by atoms with van der Waals surface area (Å²) in [4.78, 5) is 35.8. The first kappa shape index (κ1) is 27.4. The van der Waals surface area contributed by atoms with Gasteiger partial charge in [-0.05, 0) is 65.2 Å². The molecular weight excluding hydrogens is 551 g/mol. The minimum Gasteiger partial charge on any atom is -0.493 e. The average Bonchev–Trinajstić information content (AvgIpc) is 2.76. The minimum atomic E-state index is -0.880. The van der Waals surface area contributed by atoms with Crippen molar-refractivity contribution >= 4 is 68.8 Å². The lowest BCUT2D eigenvalue weighted by molar-refractivity contribution is -0.139. The number of carbonyl (C=O) groups excluding carboxylic acids is 3. The molecule has 0 aromatic heterocycles. The number of nitrogens with one attached hydrogen (secondary N) is 3. The summed E-state index contributed by atoms with van der Waals surface area (Å²) in [5.74, 6) is -1.48. The van der Waals surface area contributed by atoms with Crippen molar-refractivity contribution in [2.45, 2.75) is 26.3 Å². The zero-order chi connectivity index (χ0) is 25.3. The number of nitrogens with zero attached hydrogens (tertiary/aromatic N) is 1. The van der Waals surface area contributed by atoms with Crippen LogP contribution >= 0.6 is 39.1 Å². The van der Waals surface area contributed by atoms with Gasteiger partial charge in [-0.3, -0.25) is 14.4 Å². The smallest absolute Gasteiger partial charge is 0.329 e. The second kappa shape index (κ2) is 13.2. The van der Waals surface area contributed by atoms with E-state index in [1.165, 1.54) is 13.3 Å². The fourth-order valence-corrected chi connectivity index (χ4v) is 3.62. The Labute approximate surface area is 215 Å². The monoisotopic (exact) mass is 572 g/mol.